The standard InChI is InChI=1S/C16H23N3O2/c1-2-21-15-10-14-11-19(8-7-18(14)12-15)16(20)9-13-5-3-4-6-17-13/h3-6,14-15H,2,7-12H2,1H3/t14-,15-/m1/s1. The molecule has 2 saturated heterocycles. The summed E-state index contributed by atoms with van der Waals surface area (Å²) in [6.45, 7) is 6.44. The molecule has 0 aromatic carbocycles. The predicted octanol–water partition coefficient (Wildman–Crippen LogP) is 0.946. The first-order chi connectivity index (χ1) is 10.3. The highest BCUT2D eigenvalue weighted by atomic mass is 16.5. The van der Waals surface area contributed by atoms with Gasteiger partial charge in [0.25, 0.3) is 0 Å². The number of carbonyl (C=O) groups excluding carboxylic acids is 1. The van der Waals surface area contributed by atoms with Crippen LogP contribution in [0.4, 0.5) is 0 Å². The van der Waals surface area contributed by atoms with Crippen LogP contribution < -0.4 is 0 Å². The van der Waals surface area contributed by atoms with Crippen molar-refractivity contribution in [2.75, 3.05) is 32.8 Å². The van der Waals surface area contributed by atoms with Crippen molar-refractivity contribution in [3.8, 4) is 0 Å². The van der Waals surface area contributed by atoms with Gasteiger partial charge in [0.1, 0.15) is 0 Å². The lowest BCUT2D eigenvalue weighted by molar-refractivity contribution is -0.133. The third-order valence-electron chi connectivity index (χ3n) is 4.39. The van der Waals surface area contributed by atoms with Gasteiger partial charge in [-0.05, 0) is 25.5 Å². The topological polar surface area (TPSA) is 45.7 Å². The number of carbonyl (C=O) groups is 1. The van der Waals surface area contributed by atoms with E-state index >= 15 is 0 Å². The zero-order valence-corrected chi connectivity index (χ0v) is 12.6. The quantitative estimate of drug-likeness (QED) is 0.828. The first-order valence-electron chi connectivity index (χ1n) is 7.79. The number of pyridine rings is 1. The van der Waals surface area contributed by atoms with E-state index in [1.54, 1.807) is 6.20 Å². The van der Waals surface area contributed by atoms with Crippen molar-refractivity contribution in [2.45, 2.75) is 31.9 Å². The van der Waals surface area contributed by atoms with Crippen molar-refractivity contribution in [1.29, 1.82) is 0 Å². The van der Waals surface area contributed by atoms with Crippen molar-refractivity contribution < 1.29 is 9.53 Å². The Bertz CT molecular complexity index is 480. The molecule has 1 amide bonds. The molecule has 114 valence electrons. The Labute approximate surface area is 125 Å². The first kappa shape index (κ1) is 14.5. The van der Waals surface area contributed by atoms with Crippen molar-refractivity contribution in [1.82, 2.24) is 14.8 Å². The van der Waals surface area contributed by atoms with Crippen molar-refractivity contribution in [3.05, 3.63) is 30.1 Å². The second-order valence-electron chi connectivity index (χ2n) is 5.80. The summed E-state index contributed by atoms with van der Waals surface area (Å²) in [6, 6.07) is 6.17. The van der Waals surface area contributed by atoms with Crippen LogP contribution in [-0.4, -0.2) is 65.6 Å². The van der Waals surface area contributed by atoms with E-state index in [9.17, 15) is 4.79 Å². The van der Waals surface area contributed by atoms with E-state index in [4.69, 9.17) is 4.74 Å². The maximum Gasteiger partial charge on any atom is 0.228 e. The van der Waals surface area contributed by atoms with Crippen molar-refractivity contribution in [2.24, 2.45) is 0 Å². The molecule has 0 aliphatic carbocycles. The molecule has 5 heteroatoms. The molecule has 3 heterocycles. The fraction of sp³-hybridized carbons (Fsp3) is 0.625. The number of aromatic nitrogens is 1. The van der Waals surface area contributed by atoms with Gasteiger partial charge in [0.05, 0.1) is 12.5 Å². The van der Waals surface area contributed by atoms with E-state index in [1.807, 2.05) is 30.0 Å². The smallest absolute Gasteiger partial charge is 0.228 e. The molecule has 0 spiro atoms. The summed E-state index contributed by atoms with van der Waals surface area (Å²) >= 11 is 0. The molecule has 3 rings (SSSR count). The number of nitrogens with zero attached hydrogens (tertiary/aromatic N) is 3. The Balaban J connectivity index is 1.55. The van der Waals surface area contributed by atoms with Gasteiger partial charge in [-0.15, -0.1) is 0 Å². The van der Waals surface area contributed by atoms with Crippen LogP contribution in [0, 0.1) is 0 Å². The van der Waals surface area contributed by atoms with Gasteiger partial charge in [0.2, 0.25) is 5.91 Å². The summed E-state index contributed by atoms with van der Waals surface area (Å²) in [7, 11) is 0. The number of rotatable bonds is 4. The molecule has 2 aliphatic heterocycles. The van der Waals surface area contributed by atoms with Gasteiger partial charge in [-0.25, -0.2) is 0 Å². The fourth-order valence-electron chi connectivity index (χ4n) is 3.35. The van der Waals surface area contributed by atoms with Gasteiger partial charge < -0.3 is 9.64 Å². The van der Waals surface area contributed by atoms with Crippen molar-refractivity contribution in [3.63, 3.8) is 0 Å². The van der Waals surface area contributed by atoms with Crippen LogP contribution in [0.15, 0.2) is 24.4 Å². The number of ether oxygens (including phenoxy) is 1. The minimum absolute atomic E-state index is 0.188. The Morgan fingerprint density at radius 3 is 3.05 bits per heavy atom. The van der Waals surface area contributed by atoms with Gasteiger partial charge in [-0.3, -0.25) is 14.7 Å². The summed E-state index contributed by atoms with van der Waals surface area (Å²) in [4.78, 5) is 21.1. The zero-order chi connectivity index (χ0) is 14.7. The Kier molecular flexibility index (Phi) is 4.51. The summed E-state index contributed by atoms with van der Waals surface area (Å²) in [5.74, 6) is 0.188. The Hall–Kier alpha value is -1.46. The monoisotopic (exact) mass is 289 g/mol. The second kappa shape index (κ2) is 6.54. The minimum Gasteiger partial charge on any atom is -0.377 e. The van der Waals surface area contributed by atoms with Crippen LogP contribution in [0.25, 0.3) is 0 Å². The SMILES string of the molecule is CCO[C@@H]1C[C@@H]2CN(C(=O)Cc3ccccn3)CCN2C1. The summed E-state index contributed by atoms with van der Waals surface area (Å²) in [5.41, 5.74) is 0.851. The molecular weight excluding hydrogens is 266 g/mol. The maximum atomic E-state index is 12.4. The third-order valence-corrected chi connectivity index (χ3v) is 4.39. The third kappa shape index (κ3) is 3.41. The van der Waals surface area contributed by atoms with Crippen molar-refractivity contribution >= 4 is 5.91 Å². The summed E-state index contributed by atoms with van der Waals surface area (Å²) in [6.07, 6.45) is 3.53. The molecule has 0 N–H and O–H groups in total. The molecule has 2 atom stereocenters. The minimum atomic E-state index is 0.188. The van der Waals surface area contributed by atoms with E-state index in [2.05, 4.69) is 9.88 Å². The van der Waals surface area contributed by atoms with Gasteiger partial charge in [0, 0.05) is 50.7 Å². The van der Waals surface area contributed by atoms with E-state index in [-0.39, 0.29) is 5.91 Å². The van der Waals surface area contributed by atoms with Gasteiger partial charge in [-0.1, -0.05) is 6.07 Å². The average Bonchev–Trinajstić information content (AvgIpc) is 2.90. The van der Waals surface area contributed by atoms with Crippen LogP contribution >= 0.6 is 0 Å². The number of fused-ring (bicyclic) bond motifs is 1. The summed E-state index contributed by atoms with van der Waals surface area (Å²) < 4.78 is 5.73. The van der Waals surface area contributed by atoms with Crippen LogP contribution in [0.3, 0.4) is 0 Å². The lowest BCUT2D eigenvalue weighted by Crippen LogP contribution is -2.52. The van der Waals surface area contributed by atoms with E-state index < -0.39 is 0 Å². The first-order valence-corrected chi connectivity index (χ1v) is 7.79. The van der Waals surface area contributed by atoms with Crippen LogP contribution in [0.5, 0.6) is 0 Å². The van der Waals surface area contributed by atoms with Crippen LogP contribution in [0.1, 0.15) is 19.0 Å². The highest BCUT2D eigenvalue weighted by molar-refractivity contribution is 5.78. The molecule has 1 aromatic rings. The molecule has 0 bridgehead atoms. The normalized spacial score (nSPS) is 25.9. The lowest BCUT2D eigenvalue weighted by Gasteiger charge is -2.37. The molecule has 0 unspecified atom stereocenters. The Morgan fingerprint density at radius 1 is 1.38 bits per heavy atom. The maximum absolute atomic E-state index is 12.4. The van der Waals surface area contributed by atoms with Gasteiger partial charge in [0.15, 0.2) is 0 Å². The van der Waals surface area contributed by atoms with Gasteiger partial charge in [-0.2, -0.15) is 0 Å². The largest absolute Gasteiger partial charge is 0.377 e. The summed E-state index contributed by atoms with van der Waals surface area (Å²) in [5, 5.41) is 0. The molecule has 5 nitrogen and oxygen atoms in total. The predicted molar refractivity (Wildman–Crippen MR) is 79.9 cm³/mol. The van der Waals surface area contributed by atoms with Crippen LogP contribution in [-0.2, 0) is 16.0 Å². The van der Waals surface area contributed by atoms with E-state index in [1.165, 1.54) is 0 Å². The van der Waals surface area contributed by atoms with Gasteiger partial charge >= 0.3 is 0 Å². The molecule has 1 aromatic heterocycles. The zero-order valence-electron chi connectivity index (χ0n) is 12.6. The molecule has 2 fully saturated rings. The number of hydrogen-bond donors (Lipinski definition) is 0. The van der Waals surface area contributed by atoms with E-state index in [0.29, 0.717) is 18.6 Å². The highest BCUT2D eigenvalue weighted by Gasteiger charge is 2.37. The lowest BCUT2D eigenvalue weighted by atomic mass is 10.1. The van der Waals surface area contributed by atoms with E-state index in [0.717, 1.165) is 44.9 Å². The highest BCUT2D eigenvalue weighted by Crippen LogP contribution is 2.24. The molecule has 0 saturated carbocycles. The molecule has 0 radical (unpaired) electrons. The number of hydrogen-bond acceptors (Lipinski definition) is 4. The Morgan fingerprint density at radius 2 is 2.29 bits per heavy atom. The van der Waals surface area contributed by atoms with Crippen LogP contribution in [0.2, 0.25) is 0 Å². The molecule has 21 heavy (non-hydrogen) atoms. The molecule has 2 aliphatic rings. The number of amides is 1. The fourth-order valence-corrected chi connectivity index (χ4v) is 3.35. The number of piperazine rings is 1. The average molecular weight is 289 g/mol. The second-order valence-corrected chi connectivity index (χ2v) is 5.80. The molecular formula is C16H23N3O2.